The van der Waals surface area contributed by atoms with Gasteiger partial charge in [-0.1, -0.05) is 32.0 Å². The lowest BCUT2D eigenvalue weighted by Crippen LogP contribution is -2.27. The van der Waals surface area contributed by atoms with Crippen molar-refractivity contribution in [3.05, 3.63) is 64.6 Å². The number of para-hydroxylation sites is 1. The second-order valence-corrected chi connectivity index (χ2v) is 7.40. The first kappa shape index (κ1) is 20.8. The van der Waals surface area contributed by atoms with Gasteiger partial charge in [-0.05, 0) is 36.7 Å². The summed E-state index contributed by atoms with van der Waals surface area (Å²) in [5, 5.41) is 11.8. The molecular weight excluding hydrogens is 386 g/mol. The van der Waals surface area contributed by atoms with E-state index in [-0.39, 0.29) is 11.8 Å². The number of hydrogen-bond donors (Lipinski definition) is 2. The van der Waals surface area contributed by atoms with Gasteiger partial charge in [0.25, 0.3) is 11.8 Å². The van der Waals surface area contributed by atoms with E-state index in [1.165, 1.54) is 11.3 Å². The third-order valence-corrected chi connectivity index (χ3v) is 5.46. The lowest BCUT2D eigenvalue weighted by molar-refractivity contribution is 0.102. The molecular formula is C21H25N5O2S. The van der Waals surface area contributed by atoms with Crippen LogP contribution in [0.5, 0.6) is 0 Å². The predicted octanol–water partition coefficient (Wildman–Crippen LogP) is 3.79. The zero-order valence-corrected chi connectivity index (χ0v) is 17.4. The molecule has 152 valence electrons. The monoisotopic (exact) mass is 411 g/mol. The first-order chi connectivity index (χ1) is 14.1. The number of nitrogens with one attached hydrogen (secondary N) is 2. The topological polar surface area (TPSA) is 79.3 Å². The van der Waals surface area contributed by atoms with Gasteiger partial charge in [0, 0.05) is 12.7 Å². The first-order valence-corrected chi connectivity index (χ1v) is 10.5. The molecule has 2 aromatic heterocycles. The smallest absolute Gasteiger partial charge is 0.265 e. The van der Waals surface area contributed by atoms with Gasteiger partial charge in [0.2, 0.25) is 0 Å². The summed E-state index contributed by atoms with van der Waals surface area (Å²) >= 11 is 1.35. The molecule has 2 N–H and O–H groups in total. The van der Waals surface area contributed by atoms with Gasteiger partial charge >= 0.3 is 0 Å². The lowest BCUT2D eigenvalue weighted by atomic mass is 10.1. The number of nitrogens with zero attached hydrogens (tertiary/aromatic N) is 3. The first-order valence-electron chi connectivity index (χ1n) is 9.60. The van der Waals surface area contributed by atoms with Gasteiger partial charge in [0.05, 0.1) is 34.6 Å². The van der Waals surface area contributed by atoms with Crippen molar-refractivity contribution in [2.24, 2.45) is 0 Å². The largest absolute Gasteiger partial charge is 0.321 e. The molecule has 3 rings (SSSR count). The van der Waals surface area contributed by atoms with E-state index in [2.05, 4.69) is 34.5 Å². The van der Waals surface area contributed by atoms with E-state index in [9.17, 15) is 9.59 Å². The molecule has 0 aliphatic heterocycles. The van der Waals surface area contributed by atoms with Crippen LogP contribution >= 0.6 is 11.3 Å². The Morgan fingerprint density at radius 1 is 1.07 bits per heavy atom. The standard InChI is InChI=1S/C21H25N5O2S/c1-3-25(4-2)11-12-26-15-16(14-22-26)23-20(27)17-8-5-6-9-18(17)24-21(28)19-10-7-13-29-19/h5-10,13-15H,3-4,11-12H2,1-2H3,(H,23,27)(H,24,28). The Labute approximate surface area is 174 Å². The Hall–Kier alpha value is -2.97. The number of anilines is 2. The highest BCUT2D eigenvalue weighted by atomic mass is 32.1. The third-order valence-electron chi connectivity index (χ3n) is 4.60. The van der Waals surface area contributed by atoms with Gasteiger partial charge in [-0.2, -0.15) is 5.10 Å². The van der Waals surface area contributed by atoms with Crippen LogP contribution in [-0.4, -0.2) is 46.1 Å². The van der Waals surface area contributed by atoms with Gasteiger partial charge in [-0.15, -0.1) is 11.3 Å². The number of thiophene rings is 1. The van der Waals surface area contributed by atoms with Crippen LogP contribution in [0.2, 0.25) is 0 Å². The Balaban J connectivity index is 1.65. The van der Waals surface area contributed by atoms with Crippen molar-refractivity contribution in [2.75, 3.05) is 30.3 Å². The summed E-state index contributed by atoms with van der Waals surface area (Å²) in [4.78, 5) is 28.0. The molecule has 29 heavy (non-hydrogen) atoms. The molecule has 1 aromatic carbocycles. The molecule has 0 aliphatic carbocycles. The molecule has 2 heterocycles. The van der Waals surface area contributed by atoms with Crippen molar-refractivity contribution in [1.82, 2.24) is 14.7 Å². The van der Waals surface area contributed by atoms with Gasteiger partial charge in [0.1, 0.15) is 0 Å². The zero-order valence-electron chi connectivity index (χ0n) is 16.6. The molecule has 0 bridgehead atoms. The zero-order chi connectivity index (χ0) is 20.6. The Kier molecular flexibility index (Phi) is 7.15. The average molecular weight is 412 g/mol. The number of aromatic nitrogens is 2. The predicted molar refractivity (Wildman–Crippen MR) is 117 cm³/mol. The molecule has 0 aliphatic rings. The van der Waals surface area contributed by atoms with Gasteiger partial charge in [-0.3, -0.25) is 14.3 Å². The molecule has 0 atom stereocenters. The third kappa shape index (κ3) is 5.52. The van der Waals surface area contributed by atoms with E-state index >= 15 is 0 Å². The van der Waals surface area contributed by atoms with Gasteiger partial charge in [-0.25, -0.2) is 0 Å². The number of benzene rings is 1. The van der Waals surface area contributed by atoms with Crippen LogP contribution in [0, 0.1) is 0 Å². The summed E-state index contributed by atoms with van der Waals surface area (Å²) in [5.74, 6) is -0.528. The quantitative estimate of drug-likeness (QED) is 0.561. The van der Waals surface area contributed by atoms with Crippen LogP contribution in [-0.2, 0) is 6.54 Å². The molecule has 8 heteroatoms. The number of likely N-dealkylation sites (N-methyl/N-ethyl adjacent to an activating group) is 1. The molecule has 0 spiro atoms. The van der Waals surface area contributed by atoms with E-state index in [1.807, 2.05) is 22.3 Å². The van der Waals surface area contributed by atoms with Crippen molar-refractivity contribution < 1.29 is 9.59 Å². The summed E-state index contributed by atoms with van der Waals surface area (Å²) in [7, 11) is 0. The number of carbonyl (C=O) groups is 2. The van der Waals surface area contributed by atoms with Gasteiger partial charge < -0.3 is 15.5 Å². The van der Waals surface area contributed by atoms with Crippen molar-refractivity contribution >= 4 is 34.5 Å². The number of hydrogen-bond acceptors (Lipinski definition) is 5. The summed E-state index contributed by atoms with van der Waals surface area (Å²) in [6, 6.07) is 10.5. The number of amides is 2. The minimum absolute atomic E-state index is 0.232. The Morgan fingerprint density at radius 2 is 1.86 bits per heavy atom. The summed E-state index contributed by atoms with van der Waals surface area (Å²) in [5.41, 5.74) is 1.49. The molecule has 0 saturated carbocycles. The molecule has 7 nitrogen and oxygen atoms in total. The van der Waals surface area contributed by atoms with E-state index in [4.69, 9.17) is 0 Å². The van der Waals surface area contributed by atoms with Crippen molar-refractivity contribution in [3.8, 4) is 0 Å². The summed E-state index contributed by atoms with van der Waals surface area (Å²) in [6.45, 7) is 7.91. The van der Waals surface area contributed by atoms with E-state index in [1.54, 1.807) is 36.5 Å². The van der Waals surface area contributed by atoms with Crippen LogP contribution in [0.3, 0.4) is 0 Å². The fraction of sp³-hybridized carbons (Fsp3) is 0.286. The maximum atomic E-state index is 12.8. The summed E-state index contributed by atoms with van der Waals surface area (Å²) in [6.07, 6.45) is 3.45. The minimum atomic E-state index is -0.296. The highest BCUT2D eigenvalue weighted by Gasteiger charge is 2.15. The molecule has 3 aromatic rings. The highest BCUT2D eigenvalue weighted by Crippen LogP contribution is 2.19. The Morgan fingerprint density at radius 3 is 2.59 bits per heavy atom. The van der Waals surface area contributed by atoms with Crippen LogP contribution in [0.15, 0.2) is 54.2 Å². The van der Waals surface area contributed by atoms with E-state index in [0.29, 0.717) is 21.8 Å². The fourth-order valence-corrected chi connectivity index (χ4v) is 3.53. The molecule has 0 unspecified atom stereocenters. The minimum Gasteiger partial charge on any atom is -0.321 e. The second-order valence-electron chi connectivity index (χ2n) is 6.45. The van der Waals surface area contributed by atoms with Crippen molar-refractivity contribution in [1.29, 1.82) is 0 Å². The molecule has 0 radical (unpaired) electrons. The van der Waals surface area contributed by atoms with Gasteiger partial charge in [0.15, 0.2) is 0 Å². The summed E-state index contributed by atoms with van der Waals surface area (Å²) < 4.78 is 1.82. The lowest BCUT2D eigenvalue weighted by Gasteiger charge is -2.17. The maximum absolute atomic E-state index is 12.8. The maximum Gasteiger partial charge on any atom is 0.265 e. The highest BCUT2D eigenvalue weighted by molar-refractivity contribution is 7.12. The average Bonchev–Trinajstić information content (AvgIpc) is 3.41. The van der Waals surface area contributed by atoms with Crippen LogP contribution in [0.1, 0.15) is 33.9 Å². The van der Waals surface area contributed by atoms with Crippen molar-refractivity contribution in [3.63, 3.8) is 0 Å². The SMILES string of the molecule is CCN(CC)CCn1cc(NC(=O)c2ccccc2NC(=O)c2cccs2)cn1. The second kappa shape index (κ2) is 9.99. The molecule has 2 amide bonds. The van der Waals surface area contributed by atoms with Crippen LogP contribution < -0.4 is 10.6 Å². The normalized spacial score (nSPS) is 10.9. The number of rotatable bonds is 9. The molecule has 0 fully saturated rings. The van der Waals surface area contributed by atoms with Crippen LogP contribution in [0.25, 0.3) is 0 Å². The van der Waals surface area contributed by atoms with E-state index in [0.717, 1.165) is 26.2 Å². The van der Waals surface area contributed by atoms with Crippen LogP contribution in [0.4, 0.5) is 11.4 Å². The molecule has 0 saturated heterocycles. The van der Waals surface area contributed by atoms with E-state index < -0.39 is 0 Å². The fourth-order valence-electron chi connectivity index (χ4n) is 2.91. The Bertz CT molecular complexity index is 948. The number of carbonyl (C=O) groups excluding carboxylic acids is 2. The van der Waals surface area contributed by atoms with Crippen molar-refractivity contribution in [2.45, 2.75) is 20.4 Å².